The van der Waals surface area contributed by atoms with Gasteiger partial charge in [-0.1, -0.05) is 30.3 Å². The number of hydrogen-bond acceptors (Lipinski definition) is 1. The molecule has 108 valence electrons. The summed E-state index contributed by atoms with van der Waals surface area (Å²) >= 11 is 0. The van der Waals surface area contributed by atoms with Gasteiger partial charge in [-0.15, -0.1) is 0 Å². The average Bonchev–Trinajstić information content (AvgIpc) is 2.85. The molecule has 0 amide bonds. The molecule has 0 unspecified atom stereocenters. The van der Waals surface area contributed by atoms with E-state index in [9.17, 15) is 0 Å². The maximum Gasteiger partial charge on any atom is 0.0225 e. The van der Waals surface area contributed by atoms with Crippen molar-refractivity contribution in [3.8, 4) is 0 Å². The van der Waals surface area contributed by atoms with Crippen molar-refractivity contribution in [1.82, 2.24) is 9.88 Å². The smallest absolute Gasteiger partial charge is 0.0225 e. The molecule has 1 heterocycles. The van der Waals surface area contributed by atoms with E-state index in [0.29, 0.717) is 0 Å². The molecule has 1 aromatic carbocycles. The molecule has 0 saturated carbocycles. The zero-order valence-electron chi connectivity index (χ0n) is 12.9. The van der Waals surface area contributed by atoms with Gasteiger partial charge in [-0.2, -0.15) is 0 Å². The molecule has 0 aliphatic heterocycles. The summed E-state index contributed by atoms with van der Waals surface area (Å²) in [5, 5.41) is 3.52. The molecule has 2 nitrogen and oxygen atoms in total. The van der Waals surface area contributed by atoms with Gasteiger partial charge in [0, 0.05) is 31.0 Å². The average molecular weight is 270 g/mol. The molecule has 0 atom stereocenters. The summed E-state index contributed by atoms with van der Waals surface area (Å²) in [5.41, 5.74) is 2.96. The first-order valence-electron chi connectivity index (χ1n) is 7.46. The number of rotatable bonds is 6. The highest BCUT2D eigenvalue weighted by Crippen LogP contribution is 2.08. The van der Waals surface area contributed by atoms with E-state index in [-0.39, 0.29) is 5.54 Å². The van der Waals surface area contributed by atoms with Crippen molar-refractivity contribution in [2.24, 2.45) is 0 Å². The second-order valence-electron chi connectivity index (χ2n) is 6.45. The molecule has 0 bridgehead atoms. The molecule has 0 saturated heterocycles. The Balaban J connectivity index is 1.75. The molecule has 0 aliphatic rings. The second kappa shape index (κ2) is 6.76. The predicted molar refractivity (Wildman–Crippen MR) is 85.8 cm³/mol. The minimum Gasteiger partial charge on any atom is -0.354 e. The van der Waals surface area contributed by atoms with Crippen molar-refractivity contribution in [3.63, 3.8) is 0 Å². The first-order chi connectivity index (χ1) is 9.53. The van der Waals surface area contributed by atoms with Gasteiger partial charge < -0.3 is 9.88 Å². The Bertz CT molecular complexity index is 506. The van der Waals surface area contributed by atoms with Gasteiger partial charge in [-0.05, 0) is 50.8 Å². The van der Waals surface area contributed by atoms with Crippen LogP contribution in [0.3, 0.4) is 0 Å². The zero-order valence-corrected chi connectivity index (χ0v) is 12.9. The summed E-state index contributed by atoms with van der Waals surface area (Å²) in [5.74, 6) is 0. The molecule has 2 rings (SSSR count). The van der Waals surface area contributed by atoms with Crippen LogP contribution in [0.1, 0.15) is 38.3 Å². The number of nitrogens with one attached hydrogen (secondary N) is 1. The molecule has 1 aromatic heterocycles. The maximum absolute atomic E-state index is 3.52. The van der Waals surface area contributed by atoms with Gasteiger partial charge in [-0.25, -0.2) is 0 Å². The van der Waals surface area contributed by atoms with Crippen LogP contribution >= 0.6 is 0 Å². The number of aryl methyl sites for hydroxylation is 2. The lowest BCUT2D eigenvalue weighted by Crippen LogP contribution is -2.34. The summed E-state index contributed by atoms with van der Waals surface area (Å²) in [6.07, 6.45) is 6.77. The molecular weight excluding hydrogens is 244 g/mol. The van der Waals surface area contributed by atoms with Crippen LogP contribution in [-0.4, -0.2) is 10.1 Å². The van der Waals surface area contributed by atoms with Gasteiger partial charge in [0.1, 0.15) is 0 Å². The quantitative estimate of drug-likeness (QED) is 0.839. The molecule has 0 fully saturated rings. The summed E-state index contributed by atoms with van der Waals surface area (Å²) < 4.78 is 2.29. The lowest BCUT2D eigenvalue weighted by Gasteiger charge is -2.19. The highest BCUT2D eigenvalue weighted by molar-refractivity contribution is 5.14. The van der Waals surface area contributed by atoms with E-state index in [2.05, 4.69) is 79.4 Å². The lowest BCUT2D eigenvalue weighted by atomic mass is 10.1. The van der Waals surface area contributed by atoms with Crippen molar-refractivity contribution in [2.75, 3.05) is 0 Å². The highest BCUT2D eigenvalue weighted by atomic mass is 15.0. The normalized spacial score (nSPS) is 11.8. The van der Waals surface area contributed by atoms with Crippen LogP contribution in [0.15, 0.2) is 48.8 Å². The second-order valence-corrected chi connectivity index (χ2v) is 6.45. The van der Waals surface area contributed by atoms with Crippen LogP contribution in [0.5, 0.6) is 0 Å². The predicted octanol–water partition coefficient (Wildman–Crippen LogP) is 4.01. The molecular formula is C18H26N2. The third-order valence-electron chi connectivity index (χ3n) is 3.36. The monoisotopic (exact) mass is 270 g/mol. The first kappa shape index (κ1) is 14.9. The maximum atomic E-state index is 3.52. The molecule has 2 aromatic rings. The summed E-state index contributed by atoms with van der Waals surface area (Å²) in [4.78, 5) is 0. The van der Waals surface area contributed by atoms with Gasteiger partial charge in [0.15, 0.2) is 0 Å². The fourth-order valence-electron chi connectivity index (χ4n) is 2.21. The van der Waals surface area contributed by atoms with Crippen LogP contribution in [0, 0.1) is 0 Å². The number of aromatic nitrogens is 1. The number of benzene rings is 1. The standard InChI is InChI=1S/C18H26N2/c1-18(2,3)19-14-17-11-13-20(15-17)12-7-10-16-8-5-4-6-9-16/h4-6,8-9,11,13,15,19H,7,10,12,14H2,1-3H3. The Morgan fingerprint density at radius 1 is 1.00 bits per heavy atom. The van der Waals surface area contributed by atoms with Crippen molar-refractivity contribution >= 4 is 0 Å². The van der Waals surface area contributed by atoms with E-state index >= 15 is 0 Å². The first-order valence-corrected chi connectivity index (χ1v) is 7.46. The highest BCUT2D eigenvalue weighted by Gasteiger charge is 2.08. The fourth-order valence-corrected chi connectivity index (χ4v) is 2.21. The Hall–Kier alpha value is -1.54. The van der Waals surface area contributed by atoms with Gasteiger partial charge in [-0.3, -0.25) is 0 Å². The molecule has 20 heavy (non-hydrogen) atoms. The SMILES string of the molecule is CC(C)(C)NCc1ccn(CCCc2ccccc2)c1. The zero-order chi connectivity index (χ0) is 14.4. The summed E-state index contributed by atoms with van der Waals surface area (Å²) in [6, 6.07) is 12.9. The molecule has 1 N–H and O–H groups in total. The van der Waals surface area contributed by atoms with Crippen LogP contribution in [0.2, 0.25) is 0 Å². The minimum atomic E-state index is 0.176. The van der Waals surface area contributed by atoms with Crippen molar-refractivity contribution in [1.29, 1.82) is 0 Å². The number of nitrogens with zero attached hydrogens (tertiary/aromatic N) is 1. The van der Waals surface area contributed by atoms with Crippen LogP contribution in [0.25, 0.3) is 0 Å². The Morgan fingerprint density at radius 3 is 2.45 bits per heavy atom. The third-order valence-corrected chi connectivity index (χ3v) is 3.36. The minimum absolute atomic E-state index is 0.176. The van der Waals surface area contributed by atoms with Crippen LogP contribution in [-0.2, 0) is 19.5 Å². The van der Waals surface area contributed by atoms with E-state index in [1.165, 1.54) is 17.5 Å². The van der Waals surface area contributed by atoms with Gasteiger partial charge in [0.2, 0.25) is 0 Å². The fraction of sp³-hybridized carbons (Fsp3) is 0.444. The third kappa shape index (κ3) is 5.22. The topological polar surface area (TPSA) is 17.0 Å². The van der Waals surface area contributed by atoms with Crippen molar-refractivity contribution in [2.45, 2.75) is 52.2 Å². The molecule has 0 aliphatic carbocycles. The van der Waals surface area contributed by atoms with E-state index in [4.69, 9.17) is 0 Å². The van der Waals surface area contributed by atoms with E-state index in [1.807, 2.05) is 0 Å². The summed E-state index contributed by atoms with van der Waals surface area (Å²) in [7, 11) is 0. The molecule has 0 radical (unpaired) electrons. The lowest BCUT2D eigenvalue weighted by molar-refractivity contribution is 0.424. The number of hydrogen-bond donors (Lipinski definition) is 1. The Morgan fingerprint density at radius 2 is 1.75 bits per heavy atom. The van der Waals surface area contributed by atoms with E-state index in [0.717, 1.165) is 19.5 Å². The molecule has 2 heteroatoms. The van der Waals surface area contributed by atoms with E-state index in [1.54, 1.807) is 0 Å². The Labute approximate surface area is 122 Å². The van der Waals surface area contributed by atoms with Crippen LogP contribution < -0.4 is 5.32 Å². The molecule has 0 spiro atoms. The van der Waals surface area contributed by atoms with Crippen molar-refractivity contribution < 1.29 is 0 Å². The Kier molecular flexibility index (Phi) is 5.02. The van der Waals surface area contributed by atoms with Gasteiger partial charge in [0.05, 0.1) is 0 Å². The van der Waals surface area contributed by atoms with Crippen molar-refractivity contribution in [3.05, 3.63) is 59.9 Å². The summed E-state index contributed by atoms with van der Waals surface area (Å²) in [6.45, 7) is 8.62. The van der Waals surface area contributed by atoms with Crippen LogP contribution in [0.4, 0.5) is 0 Å². The van der Waals surface area contributed by atoms with E-state index < -0.39 is 0 Å². The largest absolute Gasteiger partial charge is 0.354 e. The van der Waals surface area contributed by atoms with Gasteiger partial charge >= 0.3 is 0 Å². The van der Waals surface area contributed by atoms with Gasteiger partial charge in [0.25, 0.3) is 0 Å².